The fraction of sp³-hybridized carbons (Fsp3) is 0.619. The molecule has 0 aliphatic carbocycles. The lowest BCUT2D eigenvalue weighted by molar-refractivity contribution is -0.126. The molecule has 148 valence electrons. The molecule has 2 aliphatic rings. The van der Waals surface area contributed by atoms with Gasteiger partial charge in [0.1, 0.15) is 0 Å². The van der Waals surface area contributed by atoms with Crippen LogP contribution in [0.3, 0.4) is 0 Å². The van der Waals surface area contributed by atoms with Crippen molar-refractivity contribution in [3.63, 3.8) is 0 Å². The van der Waals surface area contributed by atoms with Gasteiger partial charge in [-0.25, -0.2) is 0 Å². The summed E-state index contributed by atoms with van der Waals surface area (Å²) in [5, 5.41) is 3.61. The number of amides is 2. The van der Waals surface area contributed by atoms with Crippen molar-refractivity contribution in [3.8, 4) is 0 Å². The molecule has 0 bridgehead atoms. The van der Waals surface area contributed by atoms with Crippen LogP contribution >= 0.6 is 11.6 Å². The molecule has 1 N–H and O–H groups in total. The standard InChI is InChI=1S/C21H30ClN3O2/c1-16-7-2-4-11-24(16)12-5-3-10-23-21(27)17-13-20(26)25(15-17)19-9-6-8-18(22)14-19/h6,8-9,14,16-17H,2-5,7,10-13,15H2,1H3,(H,23,27). The lowest BCUT2D eigenvalue weighted by Crippen LogP contribution is -2.38. The van der Waals surface area contributed by atoms with Gasteiger partial charge in [-0.1, -0.05) is 24.1 Å². The molecule has 2 heterocycles. The largest absolute Gasteiger partial charge is 0.356 e. The monoisotopic (exact) mass is 391 g/mol. The Morgan fingerprint density at radius 3 is 2.93 bits per heavy atom. The molecule has 1 aromatic rings. The van der Waals surface area contributed by atoms with Gasteiger partial charge in [-0.05, 0) is 63.9 Å². The molecular weight excluding hydrogens is 362 g/mol. The van der Waals surface area contributed by atoms with Gasteiger partial charge in [0.05, 0.1) is 5.92 Å². The Hall–Kier alpha value is -1.59. The number of piperidine rings is 1. The lowest BCUT2D eigenvalue weighted by atomic mass is 10.0. The maximum atomic E-state index is 12.4. The molecule has 0 radical (unpaired) electrons. The van der Waals surface area contributed by atoms with Crippen LogP contribution in [-0.4, -0.2) is 48.9 Å². The van der Waals surface area contributed by atoms with Crippen molar-refractivity contribution in [1.82, 2.24) is 10.2 Å². The number of nitrogens with one attached hydrogen (secondary N) is 1. The highest BCUT2D eigenvalue weighted by Gasteiger charge is 2.35. The van der Waals surface area contributed by atoms with E-state index in [9.17, 15) is 9.59 Å². The van der Waals surface area contributed by atoms with Gasteiger partial charge < -0.3 is 15.1 Å². The van der Waals surface area contributed by atoms with Crippen molar-refractivity contribution >= 4 is 29.1 Å². The molecule has 6 heteroatoms. The number of anilines is 1. The number of likely N-dealkylation sites (tertiary alicyclic amines) is 1. The van der Waals surface area contributed by atoms with E-state index in [0.29, 0.717) is 24.2 Å². The first-order valence-electron chi connectivity index (χ1n) is 10.1. The number of carbonyl (C=O) groups excluding carboxylic acids is 2. The zero-order valence-electron chi connectivity index (χ0n) is 16.1. The summed E-state index contributed by atoms with van der Waals surface area (Å²) >= 11 is 6.01. The van der Waals surface area contributed by atoms with Gasteiger partial charge in [0, 0.05) is 36.3 Å². The third-order valence-corrected chi connectivity index (χ3v) is 5.96. The molecule has 2 fully saturated rings. The van der Waals surface area contributed by atoms with Crippen LogP contribution in [-0.2, 0) is 9.59 Å². The molecule has 3 rings (SSSR count). The van der Waals surface area contributed by atoms with Gasteiger partial charge >= 0.3 is 0 Å². The first-order chi connectivity index (χ1) is 13.0. The SMILES string of the molecule is CC1CCCCN1CCCCNC(=O)C1CC(=O)N(c2cccc(Cl)c2)C1. The third kappa shape index (κ3) is 5.45. The van der Waals surface area contributed by atoms with Crippen LogP contribution in [0.5, 0.6) is 0 Å². The van der Waals surface area contributed by atoms with E-state index in [-0.39, 0.29) is 24.2 Å². The second kappa shape index (κ2) is 9.56. The smallest absolute Gasteiger partial charge is 0.227 e. The van der Waals surface area contributed by atoms with E-state index in [4.69, 9.17) is 11.6 Å². The predicted octanol–water partition coefficient (Wildman–Crippen LogP) is 3.46. The minimum absolute atomic E-state index is 0.0146. The number of rotatable bonds is 7. The van der Waals surface area contributed by atoms with Gasteiger partial charge in [0.25, 0.3) is 0 Å². The van der Waals surface area contributed by atoms with Crippen LogP contribution in [0, 0.1) is 5.92 Å². The number of nitrogens with zero attached hydrogens (tertiary/aromatic N) is 2. The van der Waals surface area contributed by atoms with Crippen LogP contribution in [0.4, 0.5) is 5.69 Å². The summed E-state index contributed by atoms with van der Waals surface area (Å²) in [5.74, 6) is -0.311. The molecule has 27 heavy (non-hydrogen) atoms. The fourth-order valence-corrected chi connectivity index (χ4v) is 4.25. The lowest BCUT2D eigenvalue weighted by Gasteiger charge is -2.33. The zero-order chi connectivity index (χ0) is 19.2. The molecule has 1 aromatic carbocycles. The molecule has 2 amide bonds. The van der Waals surface area contributed by atoms with Crippen LogP contribution < -0.4 is 10.2 Å². The first kappa shape index (κ1) is 20.2. The Morgan fingerprint density at radius 2 is 2.15 bits per heavy atom. The third-order valence-electron chi connectivity index (χ3n) is 5.73. The molecule has 2 unspecified atom stereocenters. The van der Waals surface area contributed by atoms with Crippen molar-refractivity contribution in [3.05, 3.63) is 29.3 Å². The van der Waals surface area contributed by atoms with Crippen LogP contribution in [0.1, 0.15) is 45.4 Å². The normalized spacial score (nSPS) is 23.6. The van der Waals surface area contributed by atoms with E-state index < -0.39 is 0 Å². The van der Waals surface area contributed by atoms with Crippen molar-refractivity contribution < 1.29 is 9.59 Å². The number of unbranched alkanes of at least 4 members (excludes halogenated alkanes) is 1. The average Bonchev–Trinajstić information content (AvgIpc) is 3.04. The van der Waals surface area contributed by atoms with Crippen molar-refractivity contribution in [1.29, 1.82) is 0 Å². The number of hydrogen-bond donors (Lipinski definition) is 1. The van der Waals surface area contributed by atoms with E-state index in [1.165, 1.54) is 25.8 Å². The highest BCUT2D eigenvalue weighted by Crippen LogP contribution is 2.27. The predicted molar refractivity (Wildman–Crippen MR) is 109 cm³/mol. The molecule has 0 aromatic heterocycles. The summed E-state index contributed by atoms with van der Waals surface area (Å²) in [6.45, 7) is 5.74. The summed E-state index contributed by atoms with van der Waals surface area (Å²) < 4.78 is 0. The quantitative estimate of drug-likeness (QED) is 0.724. The maximum Gasteiger partial charge on any atom is 0.227 e. The van der Waals surface area contributed by atoms with Gasteiger partial charge in [0.2, 0.25) is 11.8 Å². The van der Waals surface area contributed by atoms with Gasteiger partial charge in [-0.2, -0.15) is 0 Å². The van der Waals surface area contributed by atoms with Crippen LogP contribution in [0.25, 0.3) is 0 Å². The number of carbonyl (C=O) groups is 2. The van der Waals surface area contributed by atoms with Gasteiger partial charge in [0.15, 0.2) is 0 Å². The number of hydrogen-bond acceptors (Lipinski definition) is 3. The van der Waals surface area contributed by atoms with Crippen LogP contribution in [0.15, 0.2) is 24.3 Å². The highest BCUT2D eigenvalue weighted by molar-refractivity contribution is 6.30. The minimum Gasteiger partial charge on any atom is -0.356 e. The molecule has 0 spiro atoms. The Morgan fingerprint density at radius 1 is 1.30 bits per heavy atom. The Labute approximate surface area is 167 Å². The summed E-state index contributed by atoms with van der Waals surface area (Å²) in [7, 11) is 0. The van der Waals surface area contributed by atoms with E-state index in [1.54, 1.807) is 17.0 Å². The molecule has 2 saturated heterocycles. The Kier molecular flexibility index (Phi) is 7.13. The molecule has 5 nitrogen and oxygen atoms in total. The maximum absolute atomic E-state index is 12.4. The minimum atomic E-state index is -0.279. The van der Waals surface area contributed by atoms with Crippen molar-refractivity contribution in [2.24, 2.45) is 5.92 Å². The van der Waals surface area contributed by atoms with E-state index >= 15 is 0 Å². The zero-order valence-corrected chi connectivity index (χ0v) is 16.9. The number of benzene rings is 1. The van der Waals surface area contributed by atoms with E-state index in [1.807, 2.05) is 12.1 Å². The summed E-state index contributed by atoms with van der Waals surface area (Å²) in [4.78, 5) is 28.9. The summed E-state index contributed by atoms with van der Waals surface area (Å²) in [6, 6.07) is 7.91. The molecular formula is C21H30ClN3O2. The van der Waals surface area contributed by atoms with E-state index in [0.717, 1.165) is 25.1 Å². The summed E-state index contributed by atoms with van der Waals surface area (Å²) in [6.07, 6.45) is 6.30. The highest BCUT2D eigenvalue weighted by atomic mass is 35.5. The number of halogens is 1. The van der Waals surface area contributed by atoms with Crippen molar-refractivity contribution in [2.75, 3.05) is 31.1 Å². The second-order valence-corrected chi connectivity index (χ2v) is 8.20. The van der Waals surface area contributed by atoms with E-state index in [2.05, 4.69) is 17.1 Å². The Bertz CT molecular complexity index is 667. The van der Waals surface area contributed by atoms with Gasteiger partial charge in [-0.15, -0.1) is 0 Å². The second-order valence-electron chi connectivity index (χ2n) is 7.76. The van der Waals surface area contributed by atoms with Crippen LogP contribution in [0.2, 0.25) is 5.02 Å². The fourth-order valence-electron chi connectivity index (χ4n) is 4.06. The molecule has 2 aliphatic heterocycles. The average molecular weight is 392 g/mol. The van der Waals surface area contributed by atoms with Gasteiger partial charge in [-0.3, -0.25) is 9.59 Å². The Balaban J connectivity index is 1.38. The molecule has 2 atom stereocenters. The summed E-state index contributed by atoms with van der Waals surface area (Å²) in [5.41, 5.74) is 0.762. The molecule has 0 saturated carbocycles. The topological polar surface area (TPSA) is 52.7 Å². The van der Waals surface area contributed by atoms with Crippen molar-refractivity contribution in [2.45, 2.75) is 51.5 Å². The first-order valence-corrected chi connectivity index (χ1v) is 10.5.